The Balaban J connectivity index is 2.94. The quantitative estimate of drug-likeness (QED) is 0.0950. The maximum atomic E-state index is 10.7. The highest BCUT2D eigenvalue weighted by Gasteiger charge is 2.40. The van der Waals surface area contributed by atoms with Crippen LogP contribution in [-0.4, -0.2) is 49.9 Å². The van der Waals surface area contributed by atoms with Crippen molar-refractivity contribution >= 4 is 14.3 Å². The fourth-order valence-corrected chi connectivity index (χ4v) is 5.13. The minimum atomic E-state index is -2.12. The van der Waals surface area contributed by atoms with E-state index in [0.717, 1.165) is 49.8 Å². The highest BCUT2D eigenvalue weighted by atomic mass is 28.4. The van der Waals surface area contributed by atoms with E-state index in [2.05, 4.69) is 52.9 Å². The number of unbranched alkanes of at least 4 members (excludes halogenated alkanes) is 4. The lowest BCUT2D eigenvalue weighted by Crippen LogP contribution is -2.47. The zero-order chi connectivity index (χ0) is 29.3. The molecule has 0 saturated carbocycles. The van der Waals surface area contributed by atoms with E-state index >= 15 is 0 Å². The Bertz CT molecular complexity index is 856. The van der Waals surface area contributed by atoms with E-state index in [9.17, 15) is 9.90 Å². The number of aliphatic carboxylic acids is 1. The lowest BCUT2D eigenvalue weighted by atomic mass is 10.0. The first-order valence-electron chi connectivity index (χ1n) is 14.5. The van der Waals surface area contributed by atoms with Crippen LogP contribution >= 0.6 is 0 Å². The third-order valence-electron chi connectivity index (χ3n) is 7.41. The number of hydrogen-bond acceptors (Lipinski definition) is 5. The SMILES string of the molecule is CC/C=C\C[C@H](OCc1ccc(OC)cc1)[C@@H](/C=C/[C@H](O)CCCCCCCC(=O)O)O[Si](C)(C)C(C)(C)C. The molecule has 0 aliphatic heterocycles. The maximum absolute atomic E-state index is 10.7. The smallest absolute Gasteiger partial charge is 0.303 e. The summed E-state index contributed by atoms with van der Waals surface area (Å²) in [5, 5.41) is 19.5. The average Bonchev–Trinajstić information content (AvgIpc) is 2.87. The Labute approximate surface area is 238 Å². The number of hydrogen-bond donors (Lipinski definition) is 2. The Morgan fingerprint density at radius 2 is 1.64 bits per heavy atom. The second-order valence-corrected chi connectivity index (χ2v) is 16.6. The molecule has 0 saturated heterocycles. The van der Waals surface area contributed by atoms with Crippen molar-refractivity contribution < 1.29 is 28.9 Å². The molecular formula is C32H54O6Si. The van der Waals surface area contributed by atoms with E-state index in [4.69, 9.17) is 19.0 Å². The molecule has 0 aromatic heterocycles. The predicted octanol–water partition coefficient (Wildman–Crippen LogP) is 8.06. The fourth-order valence-electron chi connectivity index (χ4n) is 3.87. The summed E-state index contributed by atoms with van der Waals surface area (Å²) in [6.45, 7) is 13.8. The molecule has 0 spiro atoms. The second-order valence-electron chi connectivity index (χ2n) is 11.8. The van der Waals surface area contributed by atoms with Crippen molar-refractivity contribution in [3.63, 3.8) is 0 Å². The van der Waals surface area contributed by atoms with Gasteiger partial charge in [0.2, 0.25) is 0 Å². The Morgan fingerprint density at radius 3 is 2.23 bits per heavy atom. The van der Waals surface area contributed by atoms with Crippen molar-refractivity contribution in [1.82, 2.24) is 0 Å². The van der Waals surface area contributed by atoms with Crippen LogP contribution in [0.15, 0.2) is 48.6 Å². The minimum Gasteiger partial charge on any atom is -0.497 e. The van der Waals surface area contributed by atoms with Gasteiger partial charge < -0.3 is 24.1 Å². The molecule has 1 aromatic rings. The van der Waals surface area contributed by atoms with Gasteiger partial charge >= 0.3 is 5.97 Å². The van der Waals surface area contributed by atoms with Crippen LogP contribution in [0.1, 0.15) is 91.0 Å². The number of rotatable bonds is 20. The lowest BCUT2D eigenvalue weighted by molar-refractivity contribution is -0.137. The van der Waals surface area contributed by atoms with Gasteiger partial charge in [0.05, 0.1) is 32.0 Å². The molecule has 1 aromatic carbocycles. The van der Waals surface area contributed by atoms with Crippen LogP contribution in [0.2, 0.25) is 18.1 Å². The van der Waals surface area contributed by atoms with Crippen molar-refractivity contribution in [2.45, 2.75) is 129 Å². The first-order valence-corrected chi connectivity index (χ1v) is 17.5. The topological polar surface area (TPSA) is 85.2 Å². The highest BCUT2D eigenvalue weighted by Crippen LogP contribution is 2.38. The van der Waals surface area contributed by atoms with Crippen molar-refractivity contribution in [1.29, 1.82) is 0 Å². The van der Waals surface area contributed by atoms with Gasteiger partial charge in [-0.1, -0.05) is 89.8 Å². The third-order valence-corrected chi connectivity index (χ3v) is 11.9. The van der Waals surface area contributed by atoms with E-state index in [0.29, 0.717) is 19.4 Å². The fraction of sp³-hybridized carbons (Fsp3) is 0.656. The first kappa shape index (κ1) is 35.1. The second kappa shape index (κ2) is 18.4. The number of methoxy groups -OCH3 is 1. The Hall–Kier alpha value is -1.93. The molecule has 6 nitrogen and oxygen atoms in total. The standard InChI is InChI=1S/C32H54O6Si/c1-8-9-13-17-29(37-25-26-19-22-28(36-5)23-20-26)30(38-39(6,7)32(2,3)4)24-21-27(33)16-14-11-10-12-15-18-31(34)35/h9,13,19-24,27,29-30,33H,8,10-12,14-18,25H2,1-7H3,(H,34,35)/b13-9-,24-21+/t27-,29+,30-/m1/s1. The monoisotopic (exact) mass is 562 g/mol. The number of benzene rings is 1. The molecule has 0 bridgehead atoms. The molecule has 0 heterocycles. The van der Waals surface area contributed by atoms with Gasteiger partial charge in [0.1, 0.15) is 5.75 Å². The summed E-state index contributed by atoms with van der Waals surface area (Å²) in [4.78, 5) is 10.6. The van der Waals surface area contributed by atoms with Gasteiger partial charge in [-0.25, -0.2) is 0 Å². The van der Waals surface area contributed by atoms with Crippen LogP contribution in [0.3, 0.4) is 0 Å². The van der Waals surface area contributed by atoms with Crippen LogP contribution in [0, 0.1) is 0 Å². The van der Waals surface area contributed by atoms with Gasteiger partial charge in [-0.3, -0.25) is 4.79 Å². The highest BCUT2D eigenvalue weighted by molar-refractivity contribution is 6.74. The lowest BCUT2D eigenvalue weighted by Gasteiger charge is -2.40. The summed E-state index contributed by atoms with van der Waals surface area (Å²) in [5.41, 5.74) is 1.07. The molecule has 2 N–H and O–H groups in total. The van der Waals surface area contributed by atoms with E-state index in [1.807, 2.05) is 36.4 Å². The van der Waals surface area contributed by atoms with Gasteiger partial charge in [-0.05, 0) is 61.5 Å². The van der Waals surface area contributed by atoms with Gasteiger partial charge in [0.25, 0.3) is 0 Å². The summed E-state index contributed by atoms with van der Waals surface area (Å²) in [6, 6.07) is 7.92. The number of aliphatic hydroxyl groups excluding tert-OH is 1. The minimum absolute atomic E-state index is 0.0398. The van der Waals surface area contributed by atoms with Gasteiger partial charge in [-0.15, -0.1) is 0 Å². The summed E-state index contributed by atoms with van der Waals surface area (Å²) in [5.74, 6) is 0.0824. The number of ether oxygens (including phenoxy) is 2. The molecule has 0 amide bonds. The number of allylic oxidation sites excluding steroid dienone is 1. The van der Waals surface area contributed by atoms with Crippen LogP contribution in [0.25, 0.3) is 0 Å². The predicted molar refractivity (Wildman–Crippen MR) is 163 cm³/mol. The first-order chi connectivity index (χ1) is 18.4. The Kier molecular flexibility index (Phi) is 16.6. The summed E-state index contributed by atoms with van der Waals surface area (Å²) in [7, 11) is -0.458. The van der Waals surface area contributed by atoms with Gasteiger partial charge in [0.15, 0.2) is 8.32 Å². The van der Waals surface area contributed by atoms with Crippen LogP contribution < -0.4 is 4.74 Å². The number of aliphatic hydroxyl groups is 1. The van der Waals surface area contributed by atoms with E-state index in [1.165, 1.54) is 0 Å². The normalized spacial score (nSPS) is 15.1. The van der Waals surface area contributed by atoms with E-state index in [-0.39, 0.29) is 23.7 Å². The average molecular weight is 563 g/mol. The molecule has 222 valence electrons. The number of carboxylic acid groups (broad SMARTS) is 1. The van der Waals surface area contributed by atoms with Crippen molar-refractivity contribution in [2.75, 3.05) is 7.11 Å². The molecular weight excluding hydrogens is 508 g/mol. The van der Waals surface area contributed by atoms with Crippen molar-refractivity contribution in [3.05, 3.63) is 54.1 Å². The molecule has 0 aliphatic rings. The van der Waals surface area contributed by atoms with Crippen molar-refractivity contribution in [3.8, 4) is 5.75 Å². The van der Waals surface area contributed by atoms with Crippen LogP contribution in [0.5, 0.6) is 5.75 Å². The van der Waals surface area contributed by atoms with E-state index < -0.39 is 20.4 Å². The Morgan fingerprint density at radius 1 is 1.00 bits per heavy atom. The third kappa shape index (κ3) is 14.9. The van der Waals surface area contributed by atoms with E-state index in [1.54, 1.807) is 7.11 Å². The molecule has 3 atom stereocenters. The van der Waals surface area contributed by atoms with Gasteiger partial charge in [-0.2, -0.15) is 0 Å². The summed E-state index contributed by atoms with van der Waals surface area (Å²) in [6.07, 6.45) is 14.3. The molecule has 39 heavy (non-hydrogen) atoms. The number of carbonyl (C=O) groups is 1. The zero-order valence-electron chi connectivity index (χ0n) is 25.4. The van der Waals surface area contributed by atoms with Crippen LogP contribution in [0.4, 0.5) is 0 Å². The molecule has 0 aliphatic carbocycles. The molecule has 0 radical (unpaired) electrons. The van der Waals surface area contributed by atoms with Crippen molar-refractivity contribution in [2.24, 2.45) is 0 Å². The van der Waals surface area contributed by atoms with Gasteiger partial charge in [0, 0.05) is 6.42 Å². The summed E-state index contributed by atoms with van der Waals surface area (Å²) >= 11 is 0. The zero-order valence-corrected chi connectivity index (χ0v) is 26.4. The molecule has 0 unspecified atom stereocenters. The maximum Gasteiger partial charge on any atom is 0.303 e. The van der Waals surface area contributed by atoms with Crippen LogP contribution in [-0.2, 0) is 20.6 Å². The molecule has 0 fully saturated rings. The largest absolute Gasteiger partial charge is 0.497 e. The number of carboxylic acids is 1. The molecule has 7 heteroatoms. The summed E-state index contributed by atoms with van der Waals surface area (Å²) < 4.78 is 18.6. The molecule has 1 rings (SSSR count).